The molecule has 0 aliphatic carbocycles. The highest BCUT2D eigenvalue weighted by Crippen LogP contribution is 2.32. The maximum absolute atomic E-state index is 12.5. The van der Waals surface area contributed by atoms with Crippen molar-refractivity contribution in [1.82, 2.24) is 9.78 Å². The minimum Gasteiger partial charge on any atom is -0.267 e. The standard InChI is InChI=1S/C9H11F3N2O/c1-5(2)7-6(9(10,11)12)4-13-14(3)8(7)15/h4-5H,1-3H3. The van der Waals surface area contributed by atoms with Gasteiger partial charge in [0.15, 0.2) is 0 Å². The number of aromatic nitrogens is 2. The lowest BCUT2D eigenvalue weighted by Crippen LogP contribution is -2.28. The van der Waals surface area contributed by atoms with E-state index in [2.05, 4.69) is 5.10 Å². The predicted molar refractivity (Wildman–Crippen MR) is 48.6 cm³/mol. The minimum atomic E-state index is -4.53. The van der Waals surface area contributed by atoms with Crippen LogP contribution in [0.1, 0.15) is 30.9 Å². The van der Waals surface area contributed by atoms with Gasteiger partial charge in [-0.2, -0.15) is 18.3 Å². The van der Waals surface area contributed by atoms with Gasteiger partial charge in [-0.3, -0.25) is 4.79 Å². The van der Waals surface area contributed by atoms with Crippen LogP contribution in [0.4, 0.5) is 13.2 Å². The third kappa shape index (κ3) is 2.19. The third-order valence-electron chi connectivity index (χ3n) is 2.06. The van der Waals surface area contributed by atoms with Crippen molar-refractivity contribution in [3.63, 3.8) is 0 Å². The monoisotopic (exact) mass is 220 g/mol. The van der Waals surface area contributed by atoms with Crippen molar-refractivity contribution in [2.45, 2.75) is 25.9 Å². The minimum absolute atomic E-state index is 0.236. The van der Waals surface area contributed by atoms with Crippen molar-refractivity contribution in [2.75, 3.05) is 0 Å². The number of aryl methyl sites for hydroxylation is 1. The maximum atomic E-state index is 12.5. The molecule has 0 unspecified atom stereocenters. The van der Waals surface area contributed by atoms with E-state index in [4.69, 9.17) is 0 Å². The Morgan fingerprint density at radius 2 is 1.93 bits per heavy atom. The van der Waals surface area contributed by atoms with E-state index < -0.39 is 23.2 Å². The van der Waals surface area contributed by atoms with Gasteiger partial charge in [-0.05, 0) is 5.92 Å². The lowest BCUT2D eigenvalue weighted by molar-refractivity contribution is -0.138. The Hall–Kier alpha value is -1.33. The number of alkyl halides is 3. The molecule has 0 saturated carbocycles. The van der Waals surface area contributed by atoms with E-state index in [0.29, 0.717) is 6.20 Å². The van der Waals surface area contributed by atoms with Crippen LogP contribution >= 0.6 is 0 Å². The van der Waals surface area contributed by atoms with Crippen LogP contribution in [-0.2, 0) is 13.2 Å². The van der Waals surface area contributed by atoms with Crippen molar-refractivity contribution in [3.05, 3.63) is 27.7 Å². The van der Waals surface area contributed by atoms with Gasteiger partial charge in [-0.15, -0.1) is 0 Å². The van der Waals surface area contributed by atoms with E-state index in [1.165, 1.54) is 7.05 Å². The van der Waals surface area contributed by atoms with E-state index in [1.54, 1.807) is 13.8 Å². The van der Waals surface area contributed by atoms with Crippen LogP contribution in [0.2, 0.25) is 0 Å². The first kappa shape index (κ1) is 11.7. The topological polar surface area (TPSA) is 34.9 Å². The van der Waals surface area contributed by atoms with Gasteiger partial charge in [0.2, 0.25) is 0 Å². The molecule has 0 radical (unpaired) electrons. The second-order valence-electron chi connectivity index (χ2n) is 3.55. The molecular weight excluding hydrogens is 209 g/mol. The van der Waals surface area contributed by atoms with Crippen molar-refractivity contribution in [1.29, 1.82) is 0 Å². The van der Waals surface area contributed by atoms with Crippen LogP contribution in [-0.4, -0.2) is 9.78 Å². The summed E-state index contributed by atoms with van der Waals surface area (Å²) in [6, 6.07) is 0. The molecule has 1 heterocycles. The first-order valence-electron chi connectivity index (χ1n) is 4.38. The maximum Gasteiger partial charge on any atom is 0.418 e. The van der Waals surface area contributed by atoms with Crippen LogP contribution in [0.5, 0.6) is 0 Å². The normalized spacial score (nSPS) is 12.2. The smallest absolute Gasteiger partial charge is 0.267 e. The molecule has 6 heteroatoms. The Balaban J connectivity index is 3.55. The Kier molecular flexibility index (Phi) is 2.88. The zero-order valence-corrected chi connectivity index (χ0v) is 8.59. The summed E-state index contributed by atoms with van der Waals surface area (Å²) >= 11 is 0. The molecular formula is C9H11F3N2O. The molecule has 1 rings (SSSR count). The molecule has 0 amide bonds. The fourth-order valence-electron chi connectivity index (χ4n) is 1.34. The molecule has 1 aromatic rings. The zero-order valence-electron chi connectivity index (χ0n) is 8.59. The quantitative estimate of drug-likeness (QED) is 0.724. The summed E-state index contributed by atoms with van der Waals surface area (Å²) in [5.74, 6) is -0.483. The molecule has 0 atom stereocenters. The van der Waals surface area contributed by atoms with Gasteiger partial charge in [0.1, 0.15) is 0 Å². The largest absolute Gasteiger partial charge is 0.418 e. The highest BCUT2D eigenvalue weighted by molar-refractivity contribution is 5.27. The van der Waals surface area contributed by atoms with Gasteiger partial charge in [-0.1, -0.05) is 13.8 Å². The van der Waals surface area contributed by atoms with Crippen LogP contribution in [0.15, 0.2) is 11.0 Å². The molecule has 0 saturated heterocycles. The molecule has 0 aliphatic rings. The molecule has 0 aromatic carbocycles. The number of hydrogen-bond donors (Lipinski definition) is 0. The highest BCUT2D eigenvalue weighted by atomic mass is 19.4. The summed E-state index contributed by atoms with van der Waals surface area (Å²) in [6.07, 6.45) is -3.84. The fraction of sp³-hybridized carbons (Fsp3) is 0.556. The molecule has 84 valence electrons. The summed E-state index contributed by atoms with van der Waals surface area (Å²) in [6.45, 7) is 3.10. The van der Waals surface area contributed by atoms with Crippen molar-refractivity contribution >= 4 is 0 Å². The van der Waals surface area contributed by atoms with Gasteiger partial charge in [0, 0.05) is 12.6 Å². The van der Waals surface area contributed by atoms with E-state index in [0.717, 1.165) is 4.68 Å². The van der Waals surface area contributed by atoms with Crippen molar-refractivity contribution in [3.8, 4) is 0 Å². The Bertz CT molecular complexity index is 420. The number of nitrogens with zero attached hydrogens (tertiary/aromatic N) is 2. The lowest BCUT2D eigenvalue weighted by atomic mass is 10.00. The zero-order chi connectivity index (χ0) is 11.8. The molecule has 0 fully saturated rings. The first-order valence-corrected chi connectivity index (χ1v) is 4.38. The Morgan fingerprint density at radius 3 is 2.33 bits per heavy atom. The van der Waals surface area contributed by atoms with Gasteiger partial charge < -0.3 is 0 Å². The Labute approximate surface area is 84.5 Å². The Morgan fingerprint density at radius 1 is 1.40 bits per heavy atom. The van der Waals surface area contributed by atoms with Crippen LogP contribution in [0.25, 0.3) is 0 Å². The summed E-state index contributed by atoms with van der Waals surface area (Å²) in [5.41, 5.74) is -1.87. The molecule has 15 heavy (non-hydrogen) atoms. The van der Waals surface area contributed by atoms with Gasteiger partial charge in [0.05, 0.1) is 11.8 Å². The lowest BCUT2D eigenvalue weighted by Gasteiger charge is -2.14. The van der Waals surface area contributed by atoms with E-state index in [1.807, 2.05) is 0 Å². The molecule has 0 bridgehead atoms. The van der Waals surface area contributed by atoms with E-state index >= 15 is 0 Å². The summed E-state index contributed by atoms with van der Waals surface area (Å²) in [5, 5.41) is 3.37. The number of halogens is 3. The van der Waals surface area contributed by atoms with E-state index in [9.17, 15) is 18.0 Å². The molecule has 3 nitrogen and oxygen atoms in total. The molecule has 1 aromatic heterocycles. The van der Waals surface area contributed by atoms with Gasteiger partial charge >= 0.3 is 6.18 Å². The average molecular weight is 220 g/mol. The highest BCUT2D eigenvalue weighted by Gasteiger charge is 2.36. The molecule has 0 aliphatic heterocycles. The van der Waals surface area contributed by atoms with Crippen molar-refractivity contribution in [2.24, 2.45) is 7.05 Å². The first-order chi connectivity index (χ1) is 6.75. The second kappa shape index (κ2) is 3.67. The SMILES string of the molecule is CC(C)c1c(C(F)(F)F)cnn(C)c1=O. The second-order valence-corrected chi connectivity index (χ2v) is 3.55. The fourth-order valence-corrected chi connectivity index (χ4v) is 1.34. The van der Waals surface area contributed by atoms with E-state index in [-0.39, 0.29) is 5.56 Å². The summed E-state index contributed by atoms with van der Waals surface area (Å²) in [4.78, 5) is 11.5. The van der Waals surface area contributed by atoms with Gasteiger partial charge in [0.25, 0.3) is 5.56 Å². The number of rotatable bonds is 1. The van der Waals surface area contributed by atoms with Crippen molar-refractivity contribution < 1.29 is 13.2 Å². The van der Waals surface area contributed by atoms with Crippen LogP contribution in [0, 0.1) is 0 Å². The predicted octanol–water partition coefficient (Wildman–Crippen LogP) is 1.92. The third-order valence-corrected chi connectivity index (χ3v) is 2.06. The van der Waals surface area contributed by atoms with Crippen LogP contribution in [0.3, 0.4) is 0 Å². The molecule has 0 N–H and O–H groups in total. The summed E-state index contributed by atoms with van der Waals surface area (Å²) < 4.78 is 38.5. The summed E-state index contributed by atoms with van der Waals surface area (Å²) in [7, 11) is 1.33. The number of hydrogen-bond acceptors (Lipinski definition) is 2. The van der Waals surface area contributed by atoms with Crippen LogP contribution < -0.4 is 5.56 Å². The molecule has 0 spiro atoms. The van der Waals surface area contributed by atoms with Gasteiger partial charge in [-0.25, -0.2) is 4.68 Å². The average Bonchev–Trinajstić information content (AvgIpc) is 2.06.